The van der Waals surface area contributed by atoms with E-state index in [1.807, 2.05) is 61.5 Å². The summed E-state index contributed by atoms with van der Waals surface area (Å²) in [6.45, 7) is 4.47. The van der Waals surface area contributed by atoms with Crippen molar-refractivity contribution in [2.75, 3.05) is 18.5 Å². The molecular formula is C22H23N3O3. The average Bonchev–Trinajstić information content (AvgIpc) is 2.74. The Morgan fingerprint density at radius 1 is 0.929 bits per heavy atom. The molecule has 1 N–H and O–H groups in total. The number of carbonyl (C=O) groups excluding carboxylic acids is 1. The van der Waals surface area contributed by atoms with Crippen molar-refractivity contribution in [2.24, 2.45) is 0 Å². The third-order valence-corrected chi connectivity index (χ3v) is 4.11. The summed E-state index contributed by atoms with van der Waals surface area (Å²) >= 11 is 0. The molecule has 28 heavy (non-hydrogen) atoms. The Hall–Kier alpha value is -3.41. The number of nitrogens with zero attached hydrogens (tertiary/aromatic N) is 2. The number of hydrogen-bond donors (Lipinski definition) is 1. The monoisotopic (exact) mass is 377 g/mol. The van der Waals surface area contributed by atoms with Crippen LogP contribution in [-0.4, -0.2) is 29.3 Å². The van der Waals surface area contributed by atoms with Crippen molar-refractivity contribution in [1.82, 2.24) is 10.2 Å². The SMILES string of the molecule is CCOc1ccc(-c2ccc(NC(=O)COc3ccccc3CC)cc2)nn1. The van der Waals surface area contributed by atoms with Gasteiger partial charge in [-0.3, -0.25) is 4.79 Å². The first-order valence-corrected chi connectivity index (χ1v) is 9.27. The molecule has 0 spiro atoms. The lowest BCUT2D eigenvalue weighted by molar-refractivity contribution is -0.118. The van der Waals surface area contributed by atoms with E-state index in [4.69, 9.17) is 9.47 Å². The normalized spacial score (nSPS) is 10.4. The number of carbonyl (C=O) groups is 1. The molecule has 3 rings (SSSR count). The summed E-state index contributed by atoms with van der Waals surface area (Å²) in [5, 5.41) is 11.0. The fourth-order valence-corrected chi connectivity index (χ4v) is 2.70. The summed E-state index contributed by atoms with van der Waals surface area (Å²) in [5.41, 5.74) is 3.42. The van der Waals surface area contributed by atoms with Gasteiger partial charge < -0.3 is 14.8 Å². The van der Waals surface area contributed by atoms with E-state index in [9.17, 15) is 4.79 Å². The molecule has 0 radical (unpaired) electrons. The van der Waals surface area contributed by atoms with E-state index < -0.39 is 0 Å². The van der Waals surface area contributed by atoms with Crippen LogP contribution in [0.2, 0.25) is 0 Å². The fraction of sp³-hybridized carbons (Fsp3) is 0.227. The van der Waals surface area contributed by atoms with Gasteiger partial charge in [0.15, 0.2) is 6.61 Å². The number of nitrogens with one attached hydrogen (secondary N) is 1. The van der Waals surface area contributed by atoms with E-state index in [1.54, 1.807) is 6.07 Å². The van der Waals surface area contributed by atoms with Crippen LogP contribution in [0.3, 0.4) is 0 Å². The topological polar surface area (TPSA) is 73.3 Å². The Morgan fingerprint density at radius 3 is 2.39 bits per heavy atom. The minimum atomic E-state index is -0.209. The zero-order chi connectivity index (χ0) is 19.8. The summed E-state index contributed by atoms with van der Waals surface area (Å²) < 4.78 is 10.9. The standard InChI is InChI=1S/C22H23N3O3/c1-3-16-7-5-6-8-20(16)28-15-21(26)23-18-11-9-17(10-12-18)19-13-14-22(25-24-19)27-4-2/h5-14H,3-4,15H2,1-2H3,(H,23,26). The van der Waals surface area contributed by atoms with Gasteiger partial charge >= 0.3 is 0 Å². The second-order valence-corrected chi connectivity index (χ2v) is 6.07. The zero-order valence-electron chi connectivity index (χ0n) is 16.0. The molecule has 0 saturated carbocycles. The fourth-order valence-electron chi connectivity index (χ4n) is 2.70. The van der Waals surface area contributed by atoms with Gasteiger partial charge in [0.05, 0.1) is 12.3 Å². The Morgan fingerprint density at radius 2 is 1.71 bits per heavy atom. The van der Waals surface area contributed by atoms with Gasteiger partial charge in [0.1, 0.15) is 5.75 Å². The number of amides is 1. The first-order chi connectivity index (χ1) is 13.7. The maximum Gasteiger partial charge on any atom is 0.262 e. The molecule has 0 aliphatic rings. The summed E-state index contributed by atoms with van der Waals surface area (Å²) in [6.07, 6.45) is 0.855. The molecule has 0 bridgehead atoms. The minimum absolute atomic E-state index is 0.0386. The maximum atomic E-state index is 12.2. The van der Waals surface area contributed by atoms with Crippen LogP contribution < -0.4 is 14.8 Å². The van der Waals surface area contributed by atoms with E-state index in [0.29, 0.717) is 18.2 Å². The maximum absolute atomic E-state index is 12.2. The van der Waals surface area contributed by atoms with E-state index in [-0.39, 0.29) is 12.5 Å². The molecular weight excluding hydrogens is 354 g/mol. The smallest absolute Gasteiger partial charge is 0.262 e. The second kappa shape index (κ2) is 9.50. The Balaban J connectivity index is 1.57. The van der Waals surface area contributed by atoms with Crippen molar-refractivity contribution in [2.45, 2.75) is 20.3 Å². The number of rotatable bonds is 8. The van der Waals surface area contributed by atoms with Gasteiger partial charge in [0.25, 0.3) is 5.91 Å². The van der Waals surface area contributed by atoms with Crippen molar-refractivity contribution >= 4 is 11.6 Å². The van der Waals surface area contributed by atoms with E-state index in [0.717, 1.165) is 29.0 Å². The van der Waals surface area contributed by atoms with Crippen LogP contribution in [0.1, 0.15) is 19.4 Å². The number of aromatic nitrogens is 2. The summed E-state index contributed by atoms with van der Waals surface area (Å²) in [7, 11) is 0. The molecule has 0 atom stereocenters. The molecule has 2 aromatic carbocycles. The van der Waals surface area contributed by atoms with Gasteiger partial charge in [-0.05, 0) is 43.2 Å². The molecule has 6 nitrogen and oxygen atoms in total. The van der Waals surface area contributed by atoms with Crippen LogP contribution in [0.5, 0.6) is 11.6 Å². The predicted octanol–water partition coefficient (Wildman–Crippen LogP) is 4.12. The molecule has 0 saturated heterocycles. The van der Waals surface area contributed by atoms with E-state index >= 15 is 0 Å². The highest BCUT2D eigenvalue weighted by Gasteiger charge is 2.07. The van der Waals surface area contributed by atoms with Gasteiger partial charge in [-0.2, -0.15) is 0 Å². The number of aryl methyl sites for hydroxylation is 1. The van der Waals surface area contributed by atoms with Crippen molar-refractivity contribution in [3.63, 3.8) is 0 Å². The van der Waals surface area contributed by atoms with Crippen molar-refractivity contribution in [1.29, 1.82) is 0 Å². The van der Waals surface area contributed by atoms with Crippen LogP contribution in [0, 0.1) is 0 Å². The van der Waals surface area contributed by atoms with Crippen LogP contribution in [0.25, 0.3) is 11.3 Å². The van der Waals surface area contributed by atoms with Crippen LogP contribution >= 0.6 is 0 Å². The van der Waals surface area contributed by atoms with Crippen molar-refractivity contribution in [3.05, 3.63) is 66.2 Å². The number of ether oxygens (including phenoxy) is 2. The molecule has 1 amide bonds. The van der Waals surface area contributed by atoms with Gasteiger partial charge in [-0.15, -0.1) is 10.2 Å². The lowest BCUT2D eigenvalue weighted by Gasteiger charge is -2.11. The Kier molecular flexibility index (Phi) is 6.57. The van der Waals surface area contributed by atoms with Gasteiger partial charge in [0, 0.05) is 17.3 Å². The number of benzene rings is 2. The number of para-hydroxylation sites is 1. The van der Waals surface area contributed by atoms with Crippen LogP contribution in [0.15, 0.2) is 60.7 Å². The molecule has 144 valence electrons. The van der Waals surface area contributed by atoms with Crippen LogP contribution in [0.4, 0.5) is 5.69 Å². The Bertz CT molecular complexity index is 909. The summed E-state index contributed by atoms with van der Waals surface area (Å²) in [6, 6.07) is 18.8. The highest BCUT2D eigenvalue weighted by atomic mass is 16.5. The van der Waals surface area contributed by atoms with Gasteiger partial charge in [-0.1, -0.05) is 37.3 Å². The molecule has 3 aromatic rings. The first-order valence-electron chi connectivity index (χ1n) is 9.27. The zero-order valence-corrected chi connectivity index (χ0v) is 16.0. The number of hydrogen-bond acceptors (Lipinski definition) is 5. The summed E-state index contributed by atoms with van der Waals surface area (Å²) in [4.78, 5) is 12.2. The highest BCUT2D eigenvalue weighted by molar-refractivity contribution is 5.92. The average molecular weight is 377 g/mol. The van der Waals surface area contributed by atoms with Crippen molar-refractivity contribution < 1.29 is 14.3 Å². The predicted molar refractivity (Wildman–Crippen MR) is 109 cm³/mol. The van der Waals surface area contributed by atoms with E-state index in [2.05, 4.69) is 22.4 Å². The third-order valence-electron chi connectivity index (χ3n) is 4.11. The second-order valence-electron chi connectivity index (χ2n) is 6.07. The molecule has 1 heterocycles. The quantitative estimate of drug-likeness (QED) is 0.639. The highest BCUT2D eigenvalue weighted by Crippen LogP contribution is 2.21. The lowest BCUT2D eigenvalue weighted by Crippen LogP contribution is -2.20. The minimum Gasteiger partial charge on any atom is -0.483 e. The van der Waals surface area contributed by atoms with Gasteiger partial charge in [0.2, 0.25) is 5.88 Å². The van der Waals surface area contributed by atoms with Crippen LogP contribution in [-0.2, 0) is 11.2 Å². The molecule has 1 aromatic heterocycles. The Labute approximate surface area is 164 Å². The molecule has 0 aliphatic heterocycles. The lowest BCUT2D eigenvalue weighted by atomic mass is 10.1. The molecule has 0 aliphatic carbocycles. The van der Waals surface area contributed by atoms with E-state index in [1.165, 1.54) is 0 Å². The molecule has 6 heteroatoms. The third kappa shape index (κ3) is 5.07. The molecule has 0 unspecified atom stereocenters. The first kappa shape index (κ1) is 19.4. The molecule has 0 fully saturated rings. The van der Waals surface area contributed by atoms with Gasteiger partial charge in [-0.25, -0.2) is 0 Å². The van der Waals surface area contributed by atoms with Crippen molar-refractivity contribution in [3.8, 4) is 22.9 Å². The largest absolute Gasteiger partial charge is 0.483 e. The summed E-state index contributed by atoms with van der Waals surface area (Å²) in [5.74, 6) is 1.03. The number of anilines is 1.